The fourth-order valence-corrected chi connectivity index (χ4v) is 1.28. The Morgan fingerprint density at radius 1 is 1.23 bits per heavy atom. The van der Waals surface area contributed by atoms with E-state index in [1.807, 2.05) is 0 Å². The van der Waals surface area contributed by atoms with Crippen molar-refractivity contribution in [2.24, 2.45) is 0 Å². The molecule has 13 heavy (non-hydrogen) atoms. The monoisotopic (exact) mass is 175 g/mol. The summed E-state index contributed by atoms with van der Waals surface area (Å²) in [7, 11) is 0. The summed E-state index contributed by atoms with van der Waals surface area (Å²) in [5, 5.41) is 10.4. The molecule has 1 aromatic rings. The largest absolute Gasteiger partial charge is 0.289 e. The lowest BCUT2D eigenvalue weighted by atomic mass is 10.1. The van der Waals surface area contributed by atoms with Gasteiger partial charge in [0.1, 0.15) is 0 Å². The van der Waals surface area contributed by atoms with Crippen LogP contribution in [-0.2, 0) is 0 Å². The zero-order chi connectivity index (χ0) is 9.42. The third-order valence-electron chi connectivity index (χ3n) is 1.93. The number of benzene rings is 1. The molecule has 0 aliphatic heterocycles. The van der Waals surface area contributed by atoms with Gasteiger partial charge in [0.2, 0.25) is 0 Å². The zero-order valence-electron chi connectivity index (χ0n) is 6.56. The van der Waals surface area contributed by atoms with E-state index in [9.17, 15) is 14.9 Å². The maximum Gasteiger partial charge on any atom is 0.270 e. The summed E-state index contributed by atoms with van der Waals surface area (Å²) < 4.78 is 0. The Kier molecular flexibility index (Phi) is 1.48. The third-order valence-corrected chi connectivity index (χ3v) is 1.93. The summed E-state index contributed by atoms with van der Waals surface area (Å²) in [6.45, 7) is 0. The van der Waals surface area contributed by atoms with Gasteiger partial charge in [0.15, 0.2) is 5.78 Å². The van der Waals surface area contributed by atoms with Gasteiger partial charge in [-0.05, 0) is 17.7 Å². The highest BCUT2D eigenvalue weighted by molar-refractivity contribution is 6.13. The minimum Gasteiger partial charge on any atom is -0.289 e. The fraction of sp³-hybridized carbons (Fsp3) is 0. The first-order valence-electron chi connectivity index (χ1n) is 3.69. The number of non-ortho nitro benzene ring substituents is 1. The highest BCUT2D eigenvalue weighted by Crippen LogP contribution is 2.23. The number of rotatable bonds is 1. The molecule has 0 N–H and O–H groups in total. The van der Waals surface area contributed by atoms with Crippen LogP contribution in [0.5, 0.6) is 0 Å². The van der Waals surface area contributed by atoms with Crippen molar-refractivity contribution in [2.75, 3.05) is 0 Å². The topological polar surface area (TPSA) is 60.2 Å². The first kappa shape index (κ1) is 7.67. The second kappa shape index (κ2) is 2.52. The van der Waals surface area contributed by atoms with Gasteiger partial charge in [-0.2, -0.15) is 0 Å². The van der Waals surface area contributed by atoms with Gasteiger partial charge in [0.05, 0.1) is 4.92 Å². The molecule has 0 bridgehead atoms. The van der Waals surface area contributed by atoms with Crippen molar-refractivity contribution >= 4 is 17.5 Å². The van der Waals surface area contributed by atoms with E-state index in [2.05, 4.69) is 0 Å². The number of nitro groups is 1. The first-order valence-corrected chi connectivity index (χ1v) is 3.69. The van der Waals surface area contributed by atoms with Gasteiger partial charge >= 0.3 is 0 Å². The highest BCUT2D eigenvalue weighted by Gasteiger charge is 2.16. The van der Waals surface area contributed by atoms with E-state index in [1.54, 1.807) is 6.08 Å². The number of hydrogen-bond acceptors (Lipinski definition) is 3. The lowest BCUT2D eigenvalue weighted by molar-refractivity contribution is -0.384. The summed E-state index contributed by atoms with van der Waals surface area (Å²) in [6, 6.07) is 4.22. The Morgan fingerprint density at radius 2 is 2.00 bits per heavy atom. The molecule has 1 aliphatic carbocycles. The van der Waals surface area contributed by atoms with E-state index in [4.69, 9.17) is 0 Å². The molecule has 1 aromatic carbocycles. The van der Waals surface area contributed by atoms with Crippen LogP contribution in [0, 0.1) is 10.1 Å². The first-order chi connectivity index (χ1) is 6.18. The van der Waals surface area contributed by atoms with Crippen molar-refractivity contribution in [1.82, 2.24) is 0 Å². The van der Waals surface area contributed by atoms with Crippen molar-refractivity contribution in [2.45, 2.75) is 0 Å². The van der Waals surface area contributed by atoms with E-state index in [0.717, 1.165) is 0 Å². The number of carbonyl (C=O) groups excluding carboxylic acids is 1. The standard InChI is InChI=1S/C9H5NO3/c11-9-4-1-6-5-7(10(12)13)2-3-8(6)9/h1-5H. The van der Waals surface area contributed by atoms with E-state index in [0.29, 0.717) is 11.1 Å². The predicted octanol–water partition coefficient (Wildman–Crippen LogP) is 1.80. The van der Waals surface area contributed by atoms with Crippen LogP contribution in [0.25, 0.3) is 6.08 Å². The highest BCUT2D eigenvalue weighted by atomic mass is 16.6. The molecule has 2 rings (SSSR count). The summed E-state index contributed by atoms with van der Waals surface area (Å²) in [6.07, 6.45) is 3.00. The summed E-state index contributed by atoms with van der Waals surface area (Å²) in [5.41, 5.74) is 1.17. The van der Waals surface area contributed by atoms with Crippen LogP contribution in [-0.4, -0.2) is 10.7 Å². The lowest BCUT2D eigenvalue weighted by Crippen LogP contribution is -1.93. The van der Waals surface area contributed by atoms with Crippen LogP contribution in [0.3, 0.4) is 0 Å². The van der Waals surface area contributed by atoms with Gasteiger partial charge in [-0.1, -0.05) is 6.08 Å². The molecule has 0 unspecified atom stereocenters. The van der Waals surface area contributed by atoms with Crippen molar-refractivity contribution in [1.29, 1.82) is 0 Å². The zero-order valence-corrected chi connectivity index (χ0v) is 6.56. The number of nitro benzene ring substituents is 1. The van der Waals surface area contributed by atoms with Gasteiger partial charge in [-0.25, -0.2) is 0 Å². The van der Waals surface area contributed by atoms with E-state index in [1.165, 1.54) is 24.3 Å². The smallest absolute Gasteiger partial charge is 0.270 e. The summed E-state index contributed by atoms with van der Waals surface area (Å²) in [4.78, 5) is 21.0. The molecular formula is C9H5NO3. The van der Waals surface area contributed by atoms with Crippen LogP contribution in [0.15, 0.2) is 24.3 Å². The second-order valence-electron chi connectivity index (χ2n) is 2.73. The van der Waals surface area contributed by atoms with Crippen molar-refractivity contribution in [3.05, 3.63) is 45.5 Å². The molecule has 0 amide bonds. The number of hydrogen-bond donors (Lipinski definition) is 0. The average Bonchev–Trinajstić information content (AvgIpc) is 2.47. The number of allylic oxidation sites excluding steroid dienone is 1. The van der Waals surface area contributed by atoms with Crippen molar-refractivity contribution in [3.63, 3.8) is 0 Å². The number of ketones is 1. The molecule has 4 heteroatoms. The number of fused-ring (bicyclic) bond motifs is 1. The molecule has 0 heterocycles. The van der Waals surface area contributed by atoms with E-state index < -0.39 is 4.92 Å². The molecule has 4 nitrogen and oxygen atoms in total. The Morgan fingerprint density at radius 3 is 2.69 bits per heavy atom. The Bertz CT molecular complexity index is 434. The fourth-order valence-electron chi connectivity index (χ4n) is 1.28. The normalized spacial score (nSPS) is 13.1. The second-order valence-corrected chi connectivity index (χ2v) is 2.73. The van der Waals surface area contributed by atoms with Gasteiger partial charge in [-0.3, -0.25) is 14.9 Å². The lowest BCUT2D eigenvalue weighted by Gasteiger charge is -1.95. The van der Waals surface area contributed by atoms with E-state index in [-0.39, 0.29) is 11.5 Å². The van der Waals surface area contributed by atoms with Crippen molar-refractivity contribution < 1.29 is 9.72 Å². The number of carbonyl (C=O) groups is 1. The van der Waals surface area contributed by atoms with Crippen LogP contribution in [0.1, 0.15) is 15.9 Å². The maximum atomic E-state index is 11.1. The summed E-state index contributed by atoms with van der Waals surface area (Å²) >= 11 is 0. The van der Waals surface area contributed by atoms with Crippen LogP contribution in [0.4, 0.5) is 5.69 Å². The Labute approximate surface area is 73.6 Å². The number of nitrogens with zero attached hydrogens (tertiary/aromatic N) is 1. The maximum absolute atomic E-state index is 11.1. The van der Waals surface area contributed by atoms with Gasteiger partial charge < -0.3 is 0 Å². The van der Waals surface area contributed by atoms with Gasteiger partial charge in [-0.15, -0.1) is 0 Å². The summed E-state index contributed by atoms with van der Waals surface area (Å²) in [5.74, 6) is -0.0927. The molecule has 1 aliphatic rings. The molecule has 0 radical (unpaired) electrons. The molecule has 0 aromatic heterocycles. The van der Waals surface area contributed by atoms with Crippen molar-refractivity contribution in [3.8, 4) is 0 Å². The van der Waals surface area contributed by atoms with Crippen LogP contribution >= 0.6 is 0 Å². The van der Waals surface area contributed by atoms with Crippen LogP contribution < -0.4 is 0 Å². The Balaban J connectivity index is 2.57. The molecule has 0 atom stereocenters. The minimum atomic E-state index is -0.475. The molecular weight excluding hydrogens is 170 g/mol. The van der Waals surface area contributed by atoms with E-state index >= 15 is 0 Å². The molecule has 0 spiro atoms. The third kappa shape index (κ3) is 1.12. The van der Waals surface area contributed by atoms with Gasteiger partial charge in [0.25, 0.3) is 5.69 Å². The molecule has 0 fully saturated rings. The van der Waals surface area contributed by atoms with Crippen LogP contribution in [0.2, 0.25) is 0 Å². The molecule has 0 saturated carbocycles. The predicted molar refractivity (Wildman–Crippen MR) is 46.5 cm³/mol. The molecule has 0 saturated heterocycles. The average molecular weight is 175 g/mol. The molecule has 64 valence electrons. The Hall–Kier alpha value is -1.97. The minimum absolute atomic E-state index is 0.0121. The SMILES string of the molecule is O=C1C=Cc2cc([N+](=O)[O-])ccc21. The quantitative estimate of drug-likeness (QED) is 0.483. The van der Waals surface area contributed by atoms with Gasteiger partial charge in [0, 0.05) is 17.7 Å².